The van der Waals surface area contributed by atoms with Gasteiger partial charge < -0.3 is 25.0 Å². The molecular formula is C21H30N3NaO5. The van der Waals surface area contributed by atoms with Crippen molar-refractivity contribution in [3.8, 4) is 0 Å². The predicted molar refractivity (Wildman–Crippen MR) is 119 cm³/mol. The zero-order valence-corrected chi connectivity index (χ0v) is 17.4. The monoisotopic (exact) mass is 427 g/mol. The Morgan fingerprint density at radius 1 is 1.23 bits per heavy atom. The number of pyridine rings is 1. The van der Waals surface area contributed by atoms with Gasteiger partial charge >= 0.3 is 41.6 Å². The first-order chi connectivity index (χ1) is 13.6. The number of amides is 1. The van der Waals surface area contributed by atoms with Gasteiger partial charge in [-0.3, -0.25) is 4.79 Å². The van der Waals surface area contributed by atoms with Crippen LogP contribution < -0.4 is 11.2 Å². The van der Waals surface area contributed by atoms with Crippen LogP contribution >= 0.6 is 0 Å². The van der Waals surface area contributed by atoms with Gasteiger partial charge in [-0.1, -0.05) is 6.07 Å². The number of nitrogens with zero attached hydrogens (tertiary/aromatic N) is 2. The van der Waals surface area contributed by atoms with Crippen LogP contribution in [0, 0.1) is 0 Å². The second-order valence-corrected chi connectivity index (χ2v) is 7.82. The Hall–Kier alpha value is -1.87. The number of rotatable bonds is 7. The van der Waals surface area contributed by atoms with Gasteiger partial charge in [0.1, 0.15) is 11.2 Å². The van der Waals surface area contributed by atoms with Crippen LogP contribution in [0.25, 0.3) is 10.9 Å². The molecule has 1 aromatic heterocycles. The molecule has 0 aliphatic carbocycles. The first-order valence-electron chi connectivity index (χ1n) is 9.64. The summed E-state index contributed by atoms with van der Waals surface area (Å²) in [6.45, 7) is 8.86. The van der Waals surface area contributed by atoms with Gasteiger partial charge in [0, 0.05) is 37.8 Å². The summed E-state index contributed by atoms with van der Waals surface area (Å²) in [5, 5.41) is 9.67. The van der Waals surface area contributed by atoms with E-state index in [2.05, 4.69) is 0 Å². The second-order valence-electron chi connectivity index (χ2n) is 7.82. The number of hydrogen-bond donors (Lipinski definition) is 2. The molecule has 0 aliphatic rings. The molecule has 2 aromatic rings. The molecule has 2 rings (SSSR count). The number of carboxylic acids is 1. The van der Waals surface area contributed by atoms with E-state index in [1.807, 2.05) is 19.1 Å². The Kier molecular flexibility index (Phi) is 9.55. The first kappa shape index (κ1) is 26.2. The van der Waals surface area contributed by atoms with Gasteiger partial charge in [-0.25, -0.2) is 9.59 Å². The standard InChI is InChI=1S/C21H29N3O5.Na.H/c1-5-23-13-16(19(26)27)18(25)15-12-14(6-7-17(15)23)8-10-24(11-9-22)20(28)29-21(2,3)4;;/h6-7,12-13H,5,8-11,22H2,1-4H3,(H,26,27);;. The van der Waals surface area contributed by atoms with Crippen molar-refractivity contribution in [2.45, 2.75) is 46.3 Å². The Morgan fingerprint density at radius 3 is 2.43 bits per heavy atom. The van der Waals surface area contributed by atoms with Crippen LogP contribution in [0.5, 0.6) is 0 Å². The number of aromatic carboxylic acids is 1. The molecule has 0 spiro atoms. The Morgan fingerprint density at radius 2 is 1.90 bits per heavy atom. The predicted octanol–water partition coefficient (Wildman–Crippen LogP) is 1.81. The molecule has 0 fully saturated rings. The topological polar surface area (TPSA) is 115 Å². The van der Waals surface area contributed by atoms with E-state index >= 15 is 0 Å². The van der Waals surface area contributed by atoms with Crippen LogP contribution in [0.1, 0.15) is 43.6 Å². The van der Waals surface area contributed by atoms with E-state index in [9.17, 15) is 19.5 Å². The van der Waals surface area contributed by atoms with Crippen molar-refractivity contribution in [2.24, 2.45) is 5.73 Å². The van der Waals surface area contributed by atoms with Crippen molar-refractivity contribution in [1.82, 2.24) is 9.47 Å². The summed E-state index contributed by atoms with van der Waals surface area (Å²) in [5.74, 6) is -1.25. The van der Waals surface area contributed by atoms with Gasteiger partial charge in [0.25, 0.3) is 0 Å². The third-order valence-electron chi connectivity index (χ3n) is 4.44. The van der Waals surface area contributed by atoms with E-state index in [4.69, 9.17) is 10.5 Å². The molecule has 1 aromatic carbocycles. The summed E-state index contributed by atoms with van der Waals surface area (Å²) in [4.78, 5) is 37.9. The van der Waals surface area contributed by atoms with Crippen LogP contribution in [0.3, 0.4) is 0 Å². The fourth-order valence-electron chi connectivity index (χ4n) is 3.05. The van der Waals surface area contributed by atoms with E-state index in [0.717, 1.165) is 5.56 Å². The molecule has 1 amide bonds. The van der Waals surface area contributed by atoms with Crippen molar-refractivity contribution in [3.05, 3.63) is 45.7 Å². The van der Waals surface area contributed by atoms with E-state index in [0.29, 0.717) is 43.5 Å². The average Bonchev–Trinajstić information content (AvgIpc) is 2.63. The fraction of sp³-hybridized carbons (Fsp3) is 0.476. The SMILES string of the molecule is CCn1cc(C(=O)O)c(=O)c2cc(CCN(CCN)C(=O)OC(C)(C)C)ccc21.[NaH]. The summed E-state index contributed by atoms with van der Waals surface area (Å²) in [6.07, 6.45) is 1.42. The number of carbonyl (C=O) groups excluding carboxylic acids is 1. The van der Waals surface area contributed by atoms with E-state index in [-0.39, 0.29) is 35.1 Å². The molecule has 9 heteroatoms. The van der Waals surface area contributed by atoms with Gasteiger partial charge in [-0.2, -0.15) is 0 Å². The maximum absolute atomic E-state index is 12.6. The average molecular weight is 427 g/mol. The van der Waals surface area contributed by atoms with Crippen molar-refractivity contribution in [2.75, 3.05) is 19.6 Å². The minimum atomic E-state index is -1.25. The summed E-state index contributed by atoms with van der Waals surface area (Å²) >= 11 is 0. The molecule has 0 bridgehead atoms. The molecule has 0 aliphatic heterocycles. The summed E-state index contributed by atoms with van der Waals surface area (Å²) < 4.78 is 7.16. The molecule has 0 saturated heterocycles. The molecule has 30 heavy (non-hydrogen) atoms. The number of carbonyl (C=O) groups is 2. The zero-order chi connectivity index (χ0) is 21.8. The summed E-state index contributed by atoms with van der Waals surface area (Å²) in [7, 11) is 0. The van der Waals surface area contributed by atoms with Crippen molar-refractivity contribution in [3.63, 3.8) is 0 Å². The van der Waals surface area contributed by atoms with Crippen molar-refractivity contribution >= 4 is 52.5 Å². The Bertz CT molecular complexity index is 965. The Balaban J connectivity index is 0.00000450. The van der Waals surface area contributed by atoms with Gasteiger partial charge in [-0.15, -0.1) is 0 Å². The third-order valence-corrected chi connectivity index (χ3v) is 4.44. The molecule has 8 nitrogen and oxygen atoms in total. The number of ether oxygens (including phenoxy) is 1. The van der Waals surface area contributed by atoms with E-state index < -0.39 is 23.1 Å². The number of hydrogen-bond acceptors (Lipinski definition) is 5. The first-order valence-corrected chi connectivity index (χ1v) is 9.64. The van der Waals surface area contributed by atoms with Crippen LogP contribution in [-0.2, 0) is 17.7 Å². The molecule has 0 radical (unpaired) electrons. The van der Waals surface area contributed by atoms with E-state index in [1.54, 1.807) is 31.4 Å². The van der Waals surface area contributed by atoms with Crippen LogP contribution in [0.2, 0.25) is 0 Å². The molecule has 0 saturated carbocycles. The number of benzene rings is 1. The van der Waals surface area contributed by atoms with Crippen LogP contribution in [0.15, 0.2) is 29.2 Å². The third kappa shape index (κ3) is 6.57. The number of fused-ring (bicyclic) bond motifs is 1. The number of aromatic nitrogens is 1. The molecule has 0 atom stereocenters. The molecule has 0 unspecified atom stereocenters. The summed E-state index contributed by atoms with van der Waals surface area (Å²) in [5.41, 5.74) is 5.75. The molecular weight excluding hydrogens is 397 g/mol. The summed E-state index contributed by atoms with van der Waals surface area (Å²) in [6, 6.07) is 5.39. The van der Waals surface area contributed by atoms with Gasteiger partial charge in [0.05, 0.1) is 5.52 Å². The minimum absolute atomic E-state index is 0. The number of aryl methyl sites for hydroxylation is 1. The fourth-order valence-corrected chi connectivity index (χ4v) is 3.05. The van der Waals surface area contributed by atoms with Gasteiger partial charge in [0.15, 0.2) is 0 Å². The normalized spacial score (nSPS) is 11.1. The molecule has 3 N–H and O–H groups in total. The Labute approximate surface area is 198 Å². The van der Waals surface area contributed by atoms with Crippen molar-refractivity contribution < 1.29 is 19.4 Å². The zero-order valence-electron chi connectivity index (χ0n) is 17.4. The van der Waals surface area contributed by atoms with Crippen LogP contribution in [0.4, 0.5) is 4.79 Å². The van der Waals surface area contributed by atoms with E-state index in [1.165, 1.54) is 11.1 Å². The molecule has 1 heterocycles. The second kappa shape index (κ2) is 10.9. The quantitative estimate of drug-likeness (QED) is 0.652. The maximum atomic E-state index is 12.6. The van der Waals surface area contributed by atoms with Crippen molar-refractivity contribution in [1.29, 1.82) is 0 Å². The number of carboxylic acid groups (broad SMARTS) is 1. The number of nitrogens with two attached hydrogens (primary N) is 1. The molecule has 160 valence electrons. The van der Waals surface area contributed by atoms with Crippen LogP contribution in [-0.4, -0.2) is 81.4 Å². The van der Waals surface area contributed by atoms with Gasteiger partial charge in [-0.05, 0) is 51.8 Å². The van der Waals surface area contributed by atoms with Gasteiger partial charge in [0.2, 0.25) is 5.43 Å².